The Labute approximate surface area is 413 Å². The Morgan fingerprint density at radius 1 is 0.438 bits per heavy atom. The van der Waals surface area contributed by atoms with E-state index in [4.69, 9.17) is 0 Å². The third-order valence-electron chi connectivity index (χ3n) is 14.8. The molecular formula is C60H68Cl2SiZr-2. The van der Waals surface area contributed by atoms with E-state index >= 15 is 0 Å². The van der Waals surface area contributed by atoms with E-state index in [9.17, 15) is 0 Å². The molecule has 2 fully saturated rings. The molecule has 2 saturated carbocycles. The molecule has 0 heterocycles. The van der Waals surface area contributed by atoms with Crippen molar-refractivity contribution >= 4 is 48.5 Å². The second-order valence-electron chi connectivity index (χ2n) is 19.3. The third-order valence-corrected chi connectivity index (χ3v) is 14.8. The largest absolute Gasteiger partial charge is 1.00 e. The predicted octanol–water partition coefficient (Wildman–Crippen LogP) is 12.1. The topological polar surface area (TPSA) is 0 Å². The van der Waals surface area contributed by atoms with Crippen LogP contribution in [0, 0.1) is 10.8 Å². The van der Waals surface area contributed by atoms with E-state index in [1.807, 2.05) is 0 Å². The van der Waals surface area contributed by atoms with E-state index in [0.29, 0.717) is 10.8 Å². The number of hydrogen-bond acceptors (Lipinski definition) is 0. The van der Waals surface area contributed by atoms with Crippen LogP contribution >= 0.6 is 0 Å². The molecule has 0 spiro atoms. The standard InChI is InChI=1S/2C29H31.C2H6Si.2ClH.Zr/c2*1-2-29(17-7-3-4-8-18-29)21-22-19-24-13-10-16-27(28(24)20-22)26-15-9-12-23-11-5-6-14-25(23)26;1-3-2;;;/h2*5-6,9-16,19-20H,2-4,7-8,17-18,21H2,1H3;1-2H3;2*1H;/q2*-1;;;;+2/p-2. The van der Waals surface area contributed by atoms with E-state index < -0.39 is 0 Å². The normalized spacial score (nSPS) is 15.7. The zero-order valence-corrected chi connectivity index (χ0v) is 43.9. The summed E-state index contributed by atoms with van der Waals surface area (Å²) in [4.78, 5) is 0. The van der Waals surface area contributed by atoms with Gasteiger partial charge in [0.25, 0.3) is 0 Å². The summed E-state index contributed by atoms with van der Waals surface area (Å²) in [5.74, 6) is 0. The van der Waals surface area contributed by atoms with Gasteiger partial charge in [0, 0.05) is 0 Å². The number of hydrogen-bond donors (Lipinski definition) is 0. The molecule has 0 aliphatic heterocycles. The summed E-state index contributed by atoms with van der Waals surface area (Å²) in [6.45, 7) is 9.44. The van der Waals surface area contributed by atoms with Crippen molar-refractivity contribution < 1.29 is 48.1 Å². The molecule has 8 aromatic rings. The summed E-state index contributed by atoms with van der Waals surface area (Å²) in [5.41, 5.74) is 9.76. The summed E-state index contributed by atoms with van der Waals surface area (Å²) in [6.07, 6.45) is 22.1. The zero-order chi connectivity index (χ0) is 42.9. The van der Waals surface area contributed by atoms with Gasteiger partial charge in [-0.15, -0.1) is 69.1 Å². The number of fused-ring (bicyclic) bond motifs is 4. The number of halogens is 2. The molecule has 0 atom stereocenters. The minimum absolute atomic E-state index is 0. The first kappa shape index (κ1) is 50.2. The molecule has 0 bridgehead atoms. The number of benzene rings is 6. The second kappa shape index (κ2) is 23.5. The van der Waals surface area contributed by atoms with E-state index in [2.05, 4.69) is 173 Å². The molecule has 0 N–H and O–H groups in total. The van der Waals surface area contributed by atoms with Crippen LogP contribution in [-0.4, -0.2) is 5.43 Å². The van der Waals surface area contributed by atoms with Gasteiger partial charge in [0.15, 0.2) is 0 Å². The van der Waals surface area contributed by atoms with Crippen molar-refractivity contribution in [1.82, 2.24) is 0 Å². The molecule has 2 aliphatic carbocycles. The quantitative estimate of drug-likeness (QED) is 0.0809. The first-order valence-corrected chi connectivity index (χ1v) is 30.3. The first-order valence-electron chi connectivity index (χ1n) is 24.1. The Bertz CT molecular complexity index is 2540. The maximum atomic E-state index is 2.49. The monoisotopic (exact) mass is 976 g/mol. The minimum Gasteiger partial charge on any atom is -1.00 e. The molecule has 0 radical (unpaired) electrons. The van der Waals surface area contributed by atoms with Crippen molar-refractivity contribution in [3.05, 3.63) is 157 Å². The van der Waals surface area contributed by atoms with Crippen LogP contribution in [0.15, 0.2) is 146 Å². The van der Waals surface area contributed by atoms with Gasteiger partial charge in [-0.25, -0.2) is 0 Å². The van der Waals surface area contributed by atoms with Crippen LogP contribution in [0.5, 0.6) is 0 Å². The van der Waals surface area contributed by atoms with Gasteiger partial charge < -0.3 is 24.8 Å². The Hall–Kier alpha value is -3.26. The predicted molar refractivity (Wildman–Crippen MR) is 271 cm³/mol. The SMILES string of the molecule is CCC1(Cc2cc3c(-c4cccc5ccccc45)cccc3[cH-]2)CCCCCC1.CCC1(Cc2cc3c(-c4cccc5ccccc45)cccc3[cH-]2)CCCCCC1.C[Si](C)=[Zr+2].[Cl-].[Cl-]. The fourth-order valence-corrected chi connectivity index (χ4v) is 11.3. The van der Waals surface area contributed by atoms with Crippen molar-refractivity contribution in [1.29, 1.82) is 0 Å². The van der Waals surface area contributed by atoms with E-state index in [0.717, 1.165) is 0 Å². The fourth-order valence-electron chi connectivity index (χ4n) is 11.3. The van der Waals surface area contributed by atoms with Crippen molar-refractivity contribution in [3.63, 3.8) is 0 Å². The van der Waals surface area contributed by atoms with Crippen LogP contribution in [0.4, 0.5) is 0 Å². The van der Waals surface area contributed by atoms with Gasteiger partial charge in [0.1, 0.15) is 0 Å². The van der Waals surface area contributed by atoms with E-state index in [1.165, 1.54) is 179 Å². The molecule has 332 valence electrons. The zero-order valence-electron chi connectivity index (χ0n) is 38.9. The van der Waals surface area contributed by atoms with Crippen LogP contribution in [0.1, 0.15) is 115 Å². The van der Waals surface area contributed by atoms with E-state index in [-0.39, 0.29) is 30.2 Å². The molecule has 0 amide bonds. The van der Waals surface area contributed by atoms with Gasteiger partial charge in [-0.1, -0.05) is 186 Å². The molecule has 2 aliphatic rings. The summed E-state index contributed by atoms with van der Waals surface area (Å²) in [6, 6.07) is 54.4. The maximum Gasteiger partial charge on any atom is -1.00 e. The molecule has 0 saturated heterocycles. The van der Waals surface area contributed by atoms with Crippen molar-refractivity contribution in [2.24, 2.45) is 10.8 Å². The average molecular weight is 979 g/mol. The molecular weight excluding hydrogens is 911 g/mol. The molecule has 10 rings (SSSR count). The van der Waals surface area contributed by atoms with Crippen LogP contribution in [0.2, 0.25) is 13.1 Å². The Balaban J connectivity index is 0.000000191. The van der Waals surface area contributed by atoms with Gasteiger partial charge in [-0.05, 0) is 82.0 Å². The van der Waals surface area contributed by atoms with Crippen molar-refractivity contribution in [3.8, 4) is 22.3 Å². The second-order valence-corrected chi connectivity index (χ2v) is 28.7. The summed E-state index contributed by atoms with van der Waals surface area (Å²) >= 11 is 1.74. The first-order chi connectivity index (χ1) is 30.3. The summed E-state index contributed by atoms with van der Waals surface area (Å²) in [5, 5.41) is 10.9. The van der Waals surface area contributed by atoms with Crippen LogP contribution < -0.4 is 24.8 Å². The Morgan fingerprint density at radius 3 is 1.11 bits per heavy atom. The van der Waals surface area contributed by atoms with Crippen molar-refractivity contribution in [2.75, 3.05) is 0 Å². The summed E-state index contributed by atoms with van der Waals surface area (Å²) < 4.78 is 0. The summed E-state index contributed by atoms with van der Waals surface area (Å²) in [7, 11) is 0. The van der Waals surface area contributed by atoms with Crippen LogP contribution in [0.25, 0.3) is 65.3 Å². The average Bonchev–Trinajstić information content (AvgIpc) is 3.72. The Kier molecular flexibility index (Phi) is 18.4. The van der Waals surface area contributed by atoms with Gasteiger partial charge in [0.2, 0.25) is 0 Å². The van der Waals surface area contributed by atoms with Gasteiger partial charge in [0.05, 0.1) is 0 Å². The molecule has 4 heteroatoms. The van der Waals surface area contributed by atoms with Gasteiger partial charge in [-0.2, -0.15) is 12.1 Å². The molecule has 0 nitrogen and oxygen atoms in total. The minimum atomic E-state index is 0. The van der Waals surface area contributed by atoms with Crippen molar-refractivity contribution in [2.45, 2.75) is 130 Å². The van der Waals surface area contributed by atoms with Gasteiger partial charge >= 0.3 is 41.9 Å². The molecule has 64 heavy (non-hydrogen) atoms. The number of rotatable bonds is 8. The third kappa shape index (κ3) is 11.8. The smallest absolute Gasteiger partial charge is 1.00 e. The Morgan fingerprint density at radius 2 is 0.750 bits per heavy atom. The van der Waals surface area contributed by atoms with Crippen LogP contribution in [-0.2, 0) is 36.2 Å². The molecule has 0 aromatic heterocycles. The van der Waals surface area contributed by atoms with Gasteiger partial charge in [-0.3, -0.25) is 0 Å². The van der Waals surface area contributed by atoms with E-state index in [1.54, 1.807) is 23.3 Å². The molecule has 8 aromatic carbocycles. The molecule has 0 unspecified atom stereocenters. The fraction of sp³-hybridized carbons (Fsp3) is 0.367. The van der Waals surface area contributed by atoms with Crippen LogP contribution in [0.3, 0.4) is 0 Å². The maximum absolute atomic E-state index is 2.49.